The number of rotatable bonds is 6. The summed E-state index contributed by atoms with van der Waals surface area (Å²) in [4.78, 5) is 10.6. The van der Waals surface area contributed by atoms with Gasteiger partial charge in [0.25, 0.3) is 0 Å². The molecule has 1 atom stereocenters. The van der Waals surface area contributed by atoms with Crippen molar-refractivity contribution in [3.05, 3.63) is 47.4 Å². The zero-order valence-corrected chi connectivity index (χ0v) is 11.0. The molecule has 0 saturated carbocycles. The molecule has 0 bridgehead atoms. The van der Waals surface area contributed by atoms with Gasteiger partial charge in [0.2, 0.25) is 11.8 Å². The van der Waals surface area contributed by atoms with Crippen LogP contribution < -0.4 is 0 Å². The van der Waals surface area contributed by atoms with Crippen molar-refractivity contribution in [2.45, 2.75) is 26.2 Å². The Balaban J connectivity index is 1.97. The molecule has 1 heterocycles. The van der Waals surface area contributed by atoms with Crippen LogP contribution in [-0.4, -0.2) is 21.3 Å². The molecular weight excluding hydrogens is 263 g/mol. The molecular formula is C14H15FN2O3. The van der Waals surface area contributed by atoms with Gasteiger partial charge < -0.3 is 9.52 Å². The third-order valence-electron chi connectivity index (χ3n) is 2.80. The van der Waals surface area contributed by atoms with Gasteiger partial charge in [0, 0.05) is 12.8 Å². The number of carboxylic acid groups (broad SMARTS) is 1. The SMILES string of the molecule is CC(CC(=O)O)Cc1nnc(Cc2cccc(F)c2)o1. The van der Waals surface area contributed by atoms with Gasteiger partial charge in [-0.15, -0.1) is 10.2 Å². The highest BCUT2D eigenvalue weighted by Crippen LogP contribution is 2.14. The van der Waals surface area contributed by atoms with Crippen molar-refractivity contribution in [2.24, 2.45) is 5.92 Å². The second kappa shape index (κ2) is 6.27. The van der Waals surface area contributed by atoms with Crippen LogP contribution in [0.15, 0.2) is 28.7 Å². The van der Waals surface area contributed by atoms with Crippen LogP contribution in [0, 0.1) is 11.7 Å². The van der Waals surface area contributed by atoms with Gasteiger partial charge in [0.05, 0.1) is 6.42 Å². The van der Waals surface area contributed by atoms with Gasteiger partial charge in [-0.3, -0.25) is 4.79 Å². The molecule has 1 aromatic heterocycles. The van der Waals surface area contributed by atoms with Gasteiger partial charge in [-0.2, -0.15) is 0 Å². The number of carboxylic acids is 1. The highest BCUT2D eigenvalue weighted by molar-refractivity contribution is 5.66. The van der Waals surface area contributed by atoms with Crippen LogP contribution >= 0.6 is 0 Å². The molecule has 2 rings (SSSR count). The van der Waals surface area contributed by atoms with Crippen molar-refractivity contribution in [1.29, 1.82) is 0 Å². The minimum Gasteiger partial charge on any atom is -0.481 e. The molecule has 106 valence electrons. The lowest BCUT2D eigenvalue weighted by atomic mass is 10.0. The first-order valence-electron chi connectivity index (χ1n) is 6.30. The second-order valence-electron chi connectivity index (χ2n) is 4.80. The standard InChI is InChI=1S/C14H15FN2O3/c1-9(6-14(18)19)5-12-16-17-13(20-12)8-10-3-2-4-11(15)7-10/h2-4,7,9H,5-6,8H2,1H3,(H,18,19). The van der Waals surface area contributed by atoms with Crippen LogP contribution in [0.1, 0.15) is 30.7 Å². The summed E-state index contributed by atoms with van der Waals surface area (Å²) in [6.07, 6.45) is 0.835. The predicted molar refractivity (Wildman–Crippen MR) is 68.6 cm³/mol. The second-order valence-corrected chi connectivity index (χ2v) is 4.80. The Labute approximate surface area is 115 Å². The summed E-state index contributed by atoms with van der Waals surface area (Å²) < 4.78 is 18.5. The number of nitrogens with zero attached hydrogens (tertiary/aromatic N) is 2. The van der Waals surface area contributed by atoms with E-state index in [0.717, 1.165) is 5.56 Å². The van der Waals surface area contributed by atoms with E-state index in [1.165, 1.54) is 12.1 Å². The quantitative estimate of drug-likeness (QED) is 0.878. The lowest BCUT2D eigenvalue weighted by Crippen LogP contribution is -2.07. The summed E-state index contributed by atoms with van der Waals surface area (Å²) in [5.41, 5.74) is 0.749. The maximum Gasteiger partial charge on any atom is 0.303 e. The van der Waals surface area contributed by atoms with E-state index < -0.39 is 5.97 Å². The Bertz CT molecular complexity index is 598. The van der Waals surface area contributed by atoms with Gasteiger partial charge in [-0.1, -0.05) is 19.1 Å². The van der Waals surface area contributed by atoms with Crippen LogP contribution in [0.5, 0.6) is 0 Å². The molecule has 6 heteroatoms. The molecule has 0 spiro atoms. The van der Waals surface area contributed by atoms with Crippen molar-refractivity contribution in [2.75, 3.05) is 0 Å². The molecule has 0 aliphatic heterocycles. The normalized spacial score (nSPS) is 12.3. The third kappa shape index (κ3) is 4.15. The van der Waals surface area contributed by atoms with Crippen molar-refractivity contribution >= 4 is 5.97 Å². The van der Waals surface area contributed by atoms with Crippen molar-refractivity contribution in [1.82, 2.24) is 10.2 Å². The Hall–Kier alpha value is -2.24. The minimum atomic E-state index is -0.850. The molecule has 1 aromatic carbocycles. The number of halogens is 1. The average Bonchev–Trinajstić information content (AvgIpc) is 2.75. The molecule has 5 nitrogen and oxygen atoms in total. The lowest BCUT2D eigenvalue weighted by molar-refractivity contribution is -0.137. The van der Waals surface area contributed by atoms with Crippen molar-refractivity contribution in [3.8, 4) is 0 Å². The molecule has 0 aliphatic rings. The van der Waals surface area contributed by atoms with Crippen LogP contribution in [0.3, 0.4) is 0 Å². The summed E-state index contributed by atoms with van der Waals surface area (Å²) in [6.45, 7) is 1.81. The Kier molecular flexibility index (Phi) is 4.45. The van der Waals surface area contributed by atoms with Crippen LogP contribution in [0.25, 0.3) is 0 Å². The molecule has 0 fully saturated rings. The first kappa shape index (κ1) is 14.2. The fraction of sp³-hybridized carbons (Fsp3) is 0.357. The van der Waals surface area contributed by atoms with Gasteiger partial charge >= 0.3 is 5.97 Å². The summed E-state index contributed by atoms with van der Waals surface area (Å²) in [5, 5.41) is 16.5. The summed E-state index contributed by atoms with van der Waals surface area (Å²) in [7, 11) is 0. The Morgan fingerprint density at radius 3 is 2.85 bits per heavy atom. The smallest absolute Gasteiger partial charge is 0.303 e. The average molecular weight is 278 g/mol. The Morgan fingerprint density at radius 2 is 2.15 bits per heavy atom. The van der Waals surface area contributed by atoms with Crippen LogP contribution in [-0.2, 0) is 17.6 Å². The number of aliphatic carboxylic acids is 1. The molecule has 2 aromatic rings. The summed E-state index contributed by atoms with van der Waals surface area (Å²) in [5.74, 6) is -0.428. The molecule has 0 saturated heterocycles. The maximum absolute atomic E-state index is 13.0. The lowest BCUT2D eigenvalue weighted by Gasteiger charge is -2.03. The fourth-order valence-electron chi connectivity index (χ4n) is 1.93. The van der Waals surface area contributed by atoms with E-state index in [-0.39, 0.29) is 18.2 Å². The topological polar surface area (TPSA) is 76.2 Å². The molecule has 1 unspecified atom stereocenters. The van der Waals surface area contributed by atoms with E-state index in [9.17, 15) is 9.18 Å². The van der Waals surface area contributed by atoms with Gasteiger partial charge in [0.15, 0.2) is 0 Å². The molecule has 1 N–H and O–H groups in total. The number of hydrogen-bond acceptors (Lipinski definition) is 4. The van der Waals surface area contributed by atoms with Crippen molar-refractivity contribution in [3.63, 3.8) is 0 Å². The van der Waals surface area contributed by atoms with E-state index >= 15 is 0 Å². The minimum absolute atomic E-state index is 0.0572. The molecule has 0 aliphatic carbocycles. The van der Waals surface area contributed by atoms with E-state index in [1.54, 1.807) is 12.1 Å². The van der Waals surface area contributed by atoms with E-state index in [1.807, 2.05) is 6.92 Å². The number of carbonyl (C=O) groups is 1. The Morgan fingerprint density at radius 1 is 1.40 bits per heavy atom. The number of hydrogen-bond donors (Lipinski definition) is 1. The van der Waals surface area contributed by atoms with E-state index in [2.05, 4.69) is 10.2 Å². The predicted octanol–water partition coefficient (Wildman–Crippen LogP) is 2.45. The summed E-state index contributed by atoms with van der Waals surface area (Å²) >= 11 is 0. The molecule has 0 radical (unpaired) electrons. The van der Waals surface area contributed by atoms with Crippen LogP contribution in [0.2, 0.25) is 0 Å². The monoisotopic (exact) mass is 278 g/mol. The number of aromatic nitrogens is 2. The number of benzene rings is 1. The van der Waals surface area contributed by atoms with Gasteiger partial charge in [-0.05, 0) is 23.6 Å². The zero-order chi connectivity index (χ0) is 14.5. The first-order chi connectivity index (χ1) is 9.52. The molecule has 0 amide bonds. The third-order valence-corrected chi connectivity index (χ3v) is 2.80. The van der Waals surface area contributed by atoms with E-state index in [0.29, 0.717) is 24.6 Å². The van der Waals surface area contributed by atoms with Crippen LogP contribution in [0.4, 0.5) is 4.39 Å². The largest absolute Gasteiger partial charge is 0.481 e. The van der Waals surface area contributed by atoms with Gasteiger partial charge in [-0.25, -0.2) is 4.39 Å². The zero-order valence-electron chi connectivity index (χ0n) is 11.0. The van der Waals surface area contributed by atoms with E-state index in [4.69, 9.17) is 9.52 Å². The molecule has 20 heavy (non-hydrogen) atoms. The van der Waals surface area contributed by atoms with Gasteiger partial charge in [0.1, 0.15) is 5.82 Å². The first-order valence-corrected chi connectivity index (χ1v) is 6.30. The highest BCUT2D eigenvalue weighted by Gasteiger charge is 2.13. The maximum atomic E-state index is 13.0. The highest BCUT2D eigenvalue weighted by atomic mass is 19.1. The fourth-order valence-corrected chi connectivity index (χ4v) is 1.93. The summed E-state index contributed by atoms with van der Waals surface area (Å²) in [6, 6.07) is 6.18. The van der Waals surface area contributed by atoms with Crippen molar-refractivity contribution < 1.29 is 18.7 Å².